The van der Waals surface area contributed by atoms with Crippen molar-refractivity contribution in [2.75, 3.05) is 17.6 Å². The van der Waals surface area contributed by atoms with E-state index in [9.17, 15) is 5.11 Å². The Bertz CT molecular complexity index is 635. The summed E-state index contributed by atoms with van der Waals surface area (Å²) in [7, 11) is 0. The topological polar surface area (TPSA) is 38.7 Å². The van der Waals surface area contributed by atoms with Crippen LogP contribution in [0.3, 0.4) is 0 Å². The zero-order valence-electron chi connectivity index (χ0n) is 12.4. The summed E-state index contributed by atoms with van der Waals surface area (Å²) in [6.45, 7) is 3.32. The number of hydrogen-bond acceptors (Lipinski definition) is 4. The lowest BCUT2D eigenvalue weighted by Gasteiger charge is -2.15. The number of alkyl halides is 1. The fraction of sp³-hybridized carbons (Fsp3) is 0.412. The van der Waals surface area contributed by atoms with Crippen LogP contribution in [0.15, 0.2) is 30.3 Å². The molecule has 22 heavy (non-hydrogen) atoms. The van der Waals surface area contributed by atoms with Gasteiger partial charge < -0.3 is 14.6 Å². The van der Waals surface area contributed by atoms with Crippen LogP contribution in [-0.4, -0.2) is 22.7 Å². The van der Waals surface area contributed by atoms with E-state index in [1.807, 2.05) is 31.2 Å². The first-order chi connectivity index (χ1) is 10.7. The Morgan fingerprint density at radius 3 is 2.73 bits per heavy atom. The maximum atomic E-state index is 10.9. The van der Waals surface area contributed by atoms with Gasteiger partial charge in [0, 0.05) is 9.30 Å². The van der Waals surface area contributed by atoms with Crippen LogP contribution in [0.25, 0.3) is 0 Å². The largest absolute Gasteiger partial charge is 0.384 e. The maximum Gasteiger partial charge on any atom is 0.193 e. The highest BCUT2D eigenvalue weighted by atomic mass is 127. The van der Waals surface area contributed by atoms with E-state index in [2.05, 4.69) is 28.7 Å². The van der Waals surface area contributed by atoms with Gasteiger partial charge in [0.05, 0.1) is 18.1 Å². The molecule has 1 saturated heterocycles. The van der Waals surface area contributed by atoms with Crippen molar-refractivity contribution in [1.29, 1.82) is 0 Å². The molecule has 0 saturated carbocycles. The van der Waals surface area contributed by atoms with E-state index in [1.54, 1.807) is 11.3 Å². The minimum absolute atomic E-state index is 0.269. The quantitative estimate of drug-likeness (QED) is 0.572. The lowest BCUT2D eigenvalue weighted by atomic mass is 9.96. The average Bonchev–Trinajstić information content (AvgIpc) is 3.17. The Morgan fingerprint density at radius 1 is 1.27 bits per heavy atom. The van der Waals surface area contributed by atoms with Crippen molar-refractivity contribution < 1.29 is 14.6 Å². The number of ether oxygens (including phenoxy) is 2. The predicted octanol–water partition coefficient (Wildman–Crippen LogP) is 4.16. The predicted molar refractivity (Wildman–Crippen MR) is 96.8 cm³/mol. The van der Waals surface area contributed by atoms with Crippen LogP contribution in [0.1, 0.15) is 38.8 Å². The van der Waals surface area contributed by atoms with E-state index in [-0.39, 0.29) is 6.29 Å². The van der Waals surface area contributed by atoms with Gasteiger partial charge in [-0.1, -0.05) is 46.9 Å². The molecule has 3 rings (SSSR count). The number of aliphatic hydroxyl groups is 1. The fourth-order valence-electron chi connectivity index (χ4n) is 2.73. The monoisotopic (exact) mass is 430 g/mol. The first-order valence-electron chi connectivity index (χ1n) is 7.36. The second-order valence-corrected chi connectivity index (χ2v) is 7.64. The van der Waals surface area contributed by atoms with Crippen LogP contribution in [0.5, 0.6) is 0 Å². The van der Waals surface area contributed by atoms with E-state index in [0.717, 1.165) is 31.7 Å². The molecule has 2 aromatic rings. The number of halogens is 1. The Morgan fingerprint density at radius 2 is 2.00 bits per heavy atom. The zero-order chi connectivity index (χ0) is 15.5. The second-order valence-electron chi connectivity index (χ2n) is 5.27. The van der Waals surface area contributed by atoms with Crippen LogP contribution in [-0.2, 0) is 15.9 Å². The highest BCUT2D eigenvalue weighted by Crippen LogP contribution is 2.37. The molecule has 1 aromatic carbocycles. The second kappa shape index (κ2) is 7.40. The number of aryl methyl sites for hydroxylation is 2. The molecule has 0 spiro atoms. The Kier molecular flexibility index (Phi) is 5.51. The van der Waals surface area contributed by atoms with Gasteiger partial charge in [0.15, 0.2) is 6.29 Å². The SMILES string of the molecule is Cc1sc(C2OCCO2)cc1C(O)c1ccccc1CCI. The van der Waals surface area contributed by atoms with Gasteiger partial charge in [0.1, 0.15) is 6.10 Å². The number of thiophene rings is 1. The van der Waals surface area contributed by atoms with Crippen molar-refractivity contribution >= 4 is 33.9 Å². The summed E-state index contributed by atoms with van der Waals surface area (Å²) in [5.41, 5.74) is 3.17. The molecule has 1 atom stereocenters. The molecule has 5 heteroatoms. The lowest BCUT2D eigenvalue weighted by Crippen LogP contribution is -2.04. The zero-order valence-corrected chi connectivity index (χ0v) is 15.4. The van der Waals surface area contributed by atoms with Gasteiger partial charge in [-0.05, 0) is 36.1 Å². The Hall–Kier alpha value is -0.470. The molecular weight excluding hydrogens is 411 g/mol. The van der Waals surface area contributed by atoms with Crippen molar-refractivity contribution in [3.63, 3.8) is 0 Å². The number of benzene rings is 1. The summed E-state index contributed by atoms with van der Waals surface area (Å²) in [4.78, 5) is 2.15. The van der Waals surface area contributed by atoms with Gasteiger partial charge >= 0.3 is 0 Å². The van der Waals surface area contributed by atoms with Gasteiger partial charge in [-0.15, -0.1) is 11.3 Å². The summed E-state index contributed by atoms with van der Waals surface area (Å²) < 4.78 is 12.2. The third-order valence-electron chi connectivity index (χ3n) is 3.84. The molecule has 1 aliphatic rings. The van der Waals surface area contributed by atoms with Gasteiger partial charge in [-0.2, -0.15) is 0 Å². The van der Waals surface area contributed by atoms with Crippen LogP contribution in [0, 0.1) is 6.92 Å². The van der Waals surface area contributed by atoms with Crippen molar-refractivity contribution in [3.05, 3.63) is 56.8 Å². The molecule has 2 heterocycles. The summed E-state index contributed by atoms with van der Waals surface area (Å²) in [6.07, 6.45) is 0.110. The van der Waals surface area contributed by atoms with E-state index in [1.165, 1.54) is 5.56 Å². The molecule has 3 nitrogen and oxygen atoms in total. The third kappa shape index (κ3) is 3.38. The molecule has 0 amide bonds. The van der Waals surface area contributed by atoms with E-state index < -0.39 is 6.10 Å². The molecule has 0 radical (unpaired) electrons. The summed E-state index contributed by atoms with van der Waals surface area (Å²) >= 11 is 4.01. The number of rotatable bonds is 5. The van der Waals surface area contributed by atoms with E-state index >= 15 is 0 Å². The maximum absolute atomic E-state index is 10.9. The summed E-state index contributed by atoms with van der Waals surface area (Å²) in [5, 5.41) is 10.9. The highest BCUT2D eigenvalue weighted by molar-refractivity contribution is 14.1. The lowest BCUT2D eigenvalue weighted by molar-refractivity contribution is -0.0414. The van der Waals surface area contributed by atoms with Gasteiger partial charge in [0.2, 0.25) is 0 Å². The normalized spacial score (nSPS) is 17.0. The molecule has 1 aromatic heterocycles. The smallest absolute Gasteiger partial charge is 0.193 e. The molecule has 118 valence electrons. The minimum Gasteiger partial charge on any atom is -0.384 e. The van der Waals surface area contributed by atoms with Crippen LogP contribution in [0.4, 0.5) is 0 Å². The summed E-state index contributed by atoms with van der Waals surface area (Å²) in [5.74, 6) is 0. The average molecular weight is 430 g/mol. The van der Waals surface area contributed by atoms with Crippen LogP contribution in [0.2, 0.25) is 0 Å². The fourth-order valence-corrected chi connectivity index (χ4v) is 4.37. The number of aliphatic hydroxyl groups excluding tert-OH is 1. The van der Waals surface area contributed by atoms with Crippen LogP contribution >= 0.6 is 33.9 Å². The molecular formula is C17H19IO3S. The standard InChI is InChI=1S/C17H19IO3S/c1-11-14(10-15(22-11)17-20-8-9-21-17)16(19)13-5-3-2-4-12(13)6-7-18/h2-5,10,16-17,19H,6-9H2,1H3. The van der Waals surface area contributed by atoms with Crippen molar-refractivity contribution in [2.45, 2.75) is 25.7 Å². The molecule has 1 aliphatic heterocycles. The van der Waals surface area contributed by atoms with Crippen molar-refractivity contribution in [3.8, 4) is 0 Å². The Balaban J connectivity index is 1.90. The molecule has 0 bridgehead atoms. The molecule has 1 fully saturated rings. The summed E-state index contributed by atoms with van der Waals surface area (Å²) in [6, 6.07) is 10.2. The van der Waals surface area contributed by atoms with Crippen molar-refractivity contribution in [2.24, 2.45) is 0 Å². The minimum atomic E-state index is -0.592. The van der Waals surface area contributed by atoms with Gasteiger partial charge in [-0.3, -0.25) is 0 Å². The highest BCUT2D eigenvalue weighted by Gasteiger charge is 2.24. The van der Waals surface area contributed by atoms with E-state index in [4.69, 9.17) is 9.47 Å². The van der Waals surface area contributed by atoms with E-state index in [0.29, 0.717) is 13.2 Å². The van der Waals surface area contributed by atoms with Crippen LogP contribution < -0.4 is 0 Å². The third-order valence-corrected chi connectivity index (χ3v) is 5.46. The van der Waals surface area contributed by atoms with Crippen molar-refractivity contribution in [1.82, 2.24) is 0 Å². The molecule has 1 N–H and O–H groups in total. The Labute approximate surface area is 148 Å². The molecule has 1 unspecified atom stereocenters. The first-order valence-corrected chi connectivity index (χ1v) is 9.70. The first kappa shape index (κ1) is 16.4. The van der Waals surface area contributed by atoms with Gasteiger partial charge in [-0.25, -0.2) is 0 Å². The van der Waals surface area contributed by atoms with Gasteiger partial charge in [0.25, 0.3) is 0 Å². The molecule has 0 aliphatic carbocycles. The number of hydrogen-bond donors (Lipinski definition) is 1.